The summed E-state index contributed by atoms with van der Waals surface area (Å²) in [6.07, 6.45) is 9.76. The predicted octanol–water partition coefficient (Wildman–Crippen LogP) is 3.76. The Labute approximate surface area is 120 Å². The van der Waals surface area contributed by atoms with Crippen LogP contribution < -0.4 is 0 Å². The first kappa shape index (κ1) is 12.6. The van der Waals surface area contributed by atoms with E-state index in [1.54, 1.807) is 5.57 Å². The van der Waals surface area contributed by atoms with E-state index in [2.05, 4.69) is 6.92 Å². The van der Waals surface area contributed by atoms with Gasteiger partial charge in [-0.15, -0.1) is 0 Å². The van der Waals surface area contributed by atoms with Gasteiger partial charge in [-0.25, -0.2) is 0 Å². The van der Waals surface area contributed by atoms with Gasteiger partial charge >= 0.3 is 0 Å². The zero-order valence-electron chi connectivity index (χ0n) is 12.2. The smallest absolute Gasteiger partial charge is 0.156 e. The Bertz CT molecular complexity index is 566. The summed E-state index contributed by atoms with van der Waals surface area (Å²) in [5.41, 5.74) is 4.40. The molecule has 0 aromatic carbocycles. The summed E-state index contributed by atoms with van der Waals surface area (Å²) in [5, 5.41) is 0. The summed E-state index contributed by atoms with van der Waals surface area (Å²) < 4.78 is 0. The fourth-order valence-electron chi connectivity index (χ4n) is 5.30. The van der Waals surface area contributed by atoms with Crippen molar-refractivity contribution in [2.45, 2.75) is 58.3 Å². The van der Waals surface area contributed by atoms with E-state index in [0.29, 0.717) is 29.8 Å². The van der Waals surface area contributed by atoms with E-state index in [-0.39, 0.29) is 5.41 Å². The Morgan fingerprint density at radius 1 is 1.05 bits per heavy atom. The molecule has 0 heterocycles. The highest BCUT2D eigenvalue weighted by molar-refractivity contribution is 5.93. The molecule has 0 saturated heterocycles. The Balaban J connectivity index is 1.76. The molecular weight excluding hydrogens is 248 g/mol. The molecule has 0 spiro atoms. The summed E-state index contributed by atoms with van der Waals surface area (Å²) in [6, 6.07) is 0. The Kier molecular flexibility index (Phi) is 2.61. The van der Waals surface area contributed by atoms with Crippen LogP contribution in [0.5, 0.6) is 0 Å². The Morgan fingerprint density at radius 3 is 2.75 bits per heavy atom. The van der Waals surface area contributed by atoms with Crippen molar-refractivity contribution < 1.29 is 9.59 Å². The van der Waals surface area contributed by atoms with Gasteiger partial charge in [-0.1, -0.05) is 12.5 Å². The van der Waals surface area contributed by atoms with Crippen molar-refractivity contribution in [3.63, 3.8) is 0 Å². The third kappa shape index (κ3) is 1.57. The zero-order chi connectivity index (χ0) is 13.9. The Morgan fingerprint density at radius 2 is 1.90 bits per heavy atom. The van der Waals surface area contributed by atoms with E-state index < -0.39 is 0 Å². The largest absolute Gasteiger partial charge is 0.299 e. The highest BCUT2D eigenvalue weighted by atomic mass is 16.1. The molecular formula is C18H22O2. The van der Waals surface area contributed by atoms with Crippen molar-refractivity contribution in [1.29, 1.82) is 0 Å². The number of rotatable bonds is 0. The molecule has 2 saturated carbocycles. The molecule has 0 aromatic heterocycles. The standard InChI is InChI=1S/C18H22O2/c1-18-9-8-14-13-5-3-12(19)10-11(13)2-4-15(14)16(18)6-7-17(18)20/h10,15-16H,2-9H2,1H3/t15?,16-,18-/m0/s1. The lowest BCUT2D eigenvalue weighted by molar-refractivity contribution is -0.128. The van der Waals surface area contributed by atoms with Crippen molar-refractivity contribution in [3.05, 3.63) is 22.8 Å². The second-order valence-corrected chi connectivity index (χ2v) is 7.27. The minimum atomic E-state index is -0.0412. The van der Waals surface area contributed by atoms with Crippen molar-refractivity contribution >= 4 is 11.6 Å². The minimum Gasteiger partial charge on any atom is -0.299 e. The number of carbonyl (C=O) groups excluding carboxylic acids is 2. The molecule has 0 aliphatic heterocycles. The van der Waals surface area contributed by atoms with E-state index >= 15 is 0 Å². The maximum atomic E-state index is 12.3. The SMILES string of the molecule is C[C@]12CCC3=C4CCC(=O)C=C4CCC3[C@@H]1CCC2=O. The van der Waals surface area contributed by atoms with Crippen LogP contribution >= 0.6 is 0 Å². The van der Waals surface area contributed by atoms with Gasteiger partial charge in [0.15, 0.2) is 5.78 Å². The summed E-state index contributed by atoms with van der Waals surface area (Å²) in [4.78, 5) is 23.9. The molecule has 2 nitrogen and oxygen atoms in total. The van der Waals surface area contributed by atoms with Crippen molar-refractivity contribution in [2.75, 3.05) is 0 Å². The summed E-state index contributed by atoms with van der Waals surface area (Å²) in [5.74, 6) is 2.01. The van der Waals surface area contributed by atoms with Gasteiger partial charge in [-0.05, 0) is 67.6 Å². The number of hydrogen-bond donors (Lipinski definition) is 0. The first-order valence-electron chi connectivity index (χ1n) is 8.08. The predicted molar refractivity (Wildman–Crippen MR) is 77.1 cm³/mol. The number of Topliss-reactive ketones (excluding diaryl/α,β-unsaturated/α-hetero) is 1. The molecule has 0 bridgehead atoms. The van der Waals surface area contributed by atoms with Gasteiger partial charge in [0.2, 0.25) is 0 Å². The molecule has 4 aliphatic carbocycles. The number of ketones is 2. The average molecular weight is 270 g/mol. The van der Waals surface area contributed by atoms with E-state index in [4.69, 9.17) is 0 Å². The highest BCUT2D eigenvalue weighted by Gasteiger charge is 2.53. The van der Waals surface area contributed by atoms with Crippen molar-refractivity contribution in [1.82, 2.24) is 0 Å². The third-order valence-corrected chi connectivity index (χ3v) is 6.44. The van der Waals surface area contributed by atoms with Gasteiger partial charge in [0.05, 0.1) is 0 Å². The van der Waals surface area contributed by atoms with Crippen LogP contribution in [0.4, 0.5) is 0 Å². The summed E-state index contributed by atoms with van der Waals surface area (Å²) in [7, 11) is 0. The lowest BCUT2D eigenvalue weighted by Crippen LogP contribution is -2.40. The molecule has 0 amide bonds. The van der Waals surface area contributed by atoms with E-state index in [0.717, 1.165) is 44.9 Å². The molecule has 0 radical (unpaired) electrons. The van der Waals surface area contributed by atoms with Crippen LogP contribution in [0.2, 0.25) is 0 Å². The molecule has 0 N–H and O–H groups in total. The summed E-state index contributed by atoms with van der Waals surface area (Å²) >= 11 is 0. The number of fused-ring (bicyclic) bond motifs is 4. The van der Waals surface area contributed by atoms with E-state index in [1.807, 2.05) is 6.08 Å². The van der Waals surface area contributed by atoms with Crippen LogP contribution in [0.25, 0.3) is 0 Å². The fraction of sp³-hybridized carbons (Fsp3) is 0.667. The lowest BCUT2D eigenvalue weighted by Gasteiger charge is -2.46. The van der Waals surface area contributed by atoms with E-state index in [1.165, 1.54) is 11.1 Å². The fourth-order valence-corrected chi connectivity index (χ4v) is 5.30. The molecule has 106 valence electrons. The quantitative estimate of drug-likeness (QED) is 0.671. The first-order chi connectivity index (χ1) is 9.59. The number of allylic oxidation sites excluding steroid dienone is 4. The van der Waals surface area contributed by atoms with Crippen LogP contribution in [0.3, 0.4) is 0 Å². The second kappa shape index (κ2) is 4.16. The van der Waals surface area contributed by atoms with Crippen molar-refractivity contribution in [2.24, 2.45) is 17.3 Å². The van der Waals surface area contributed by atoms with Crippen LogP contribution in [0.1, 0.15) is 58.3 Å². The molecule has 4 aliphatic rings. The molecule has 2 fully saturated rings. The molecule has 20 heavy (non-hydrogen) atoms. The third-order valence-electron chi connectivity index (χ3n) is 6.44. The van der Waals surface area contributed by atoms with E-state index in [9.17, 15) is 9.59 Å². The monoisotopic (exact) mass is 270 g/mol. The van der Waals surface area contributed by atoms with Crippen LogP contribution in [0.15, 0.2) is 22.8 Å². The van der Waals surface area contributed by atoms with Gasteiger partial charge in [0.25, 0.3) is 0 Å². The number of hydrogen-bond acceptors (Lipinski definition) is 2. The lowest BCUT2D eigenvalue weighted by atomic mass is 9.57. The van der Waals surface area contributed by atoms with Crippen molar-refractivity contribution in [3.8, 4) is 0 Å². The second-order valence-electron chi connectivity index (χ2n) is 7.27. The maximum absolute atomic E-state index is 12.3. The first-order valence-corrected chi connectivity index (χ1v) is 8.08. The molecule has 3 atom stereocenters. The van der Waals surface area contributed by atoms with Gasteiger partial charge in [-0.3, -0.25) is 9.59 Å². The topological polar surface area (TPSA) is 34.1 Å². The molecule has 4 rings (SSSR count). The van der Waals surface area contributed by atoms with Gasteiger partial charge in [0, 0.05) is 18.3 Å². The van der Waals surface area contributed by atoms with Gasteiger partial charge in [-0.2, -0.15) is 0 Å². The highest BCUT2D eigenvalue weighted by Crippen LogP contribution is 2.58. The molecule has 1 unspecified atom stereocenters. The van der Waals surface area contributed by atoms with Crippen LogP contribution in [-0.2, 0) is 9.59 Å². The average Bonchev–Trinajstić information content (AvgIpc) is 2.74. The normalized spacial score (nSPS) is 40.1. The zero-order valence-corrected chi connectivity index (χ0v) is 12.2. The molecule has 0 aromatic rings. The number of carbonyl (C=O) groups is 2. The van der Waals surface area contributed by atoms with Gasteiger partial charge in [0.1, 0.15) is 5.78 Å². The molecule has 2 heteroatoms. The maximum Gasteiger partial charge on any atom is 0.156 e. The van der Waals surface area contributed by atoms with Gasteiger partial charge < -0.3 is 0 Å². The minimum absolute atomic E-state index is 0.0412. The Hall–Kier alpha value is -1.18. The summed E-state index contributed by atoms with van der Waals surface area (Å²) in [6.45, 7) is 2.21. The van der Waals surface area contributed by atoms with Crippen LogP contribution in [-0.4, -0.2) is 11.6 Å². The van der Waals surface area contributed by atoms with Crippen LogP contribution in [0, 0.1) is 17.3 Å².